The molecule has 0 heterocycles. The topological polar surface area (TPSA) is 80.3 Å². The highest BCUT2D eigenvalue weighted by atomic mass is 17.0. The van der Waals surface area contributed by atoms with E-state index >= 15 is 0 Å². The van der Waals surface area contributed by atoms with Gasteiger partial charge in [-0.15, -0.1) is 0 Å². The molecule has 0 radical (unpaired) electrons. The Balaban J connectivity index is 1.62. The monoisotopic (exact) mass is 290 g/mol. The van der Waals surface area contributed by atoms with Gasteiger partial charge in [0.15, 0.2) is 13.6 Å². The van der Waals surface area contributed by atoms with E-state index in [0.29, 0.717) is 21.8 Å². The molecule has 0 unspecified atom stereocenters. The summed E-state index contributed by atoms with van der Waals surface area (Å²) in [5.41, 5.74) is 0.688. The normalized spacial score (nSPS) is 10.4. The van der Waals surface area contributed by atoms with Crippen LogP contribution in [0.3, 0.4) is 0 Å². The number of anilines is 2. The molecule has 21 heavy (non-hydrogen) atoms. The summed E-state index contributed by atoms with van der Waals surface area (Å²) in [7, 11) is 0. The molecule has 2 aromatic carbocycles. The second-order valence-electron chi connectivity index (χ2n) is 3.88. The first-order chi connectivity index (χ1) is 10.3. The summed E-state index contributed by atoms with van der Waals surface area (Å²) in [6.07, 6.45) is 0. The number of para-hydroxylation sites is 2. The van der Waals surface area contributed by atoms with Crippen LogP contribution in [0.15, 0.2) is 60.7 Å². The molecule has 0 aliphatic rings. The minimum absolute atomic E-state index is 0.326. The van der Waals surface area contributed by atoms with E-state index in [2.05, 4.69) is 0 Å². The number of benzene rings is 2. The molecule has 0 aliphatic heterocycles. The molecule has 0 N–H and O–H groups in total. The summed E-state index contributed by atoms with van der Waals surface area (Å²) in [4.78, 5) is 9.54. The number of hydrogen-bond acceptors (Lipinski definition) is 7. The van der Waals surface area contributed by atoms with Crippen LogP contribution in [0.4, 0.5) is 11.4 Å². The SMILES string of the molecule is [O-]N(OCOCON([O-])c1ccccc1)c1ccccc1. The first kappa shape index (κ1) is 15.2. The van der Waals surface area contributed by atoms with E-state index in [1.807, 2.05) is 0 Å². The molecule has 0 atom stereocenters. The molecule has 7 nitrogen and oxygen atoms in total. The number of ether oxygens (including phenoxy) is 1. The molecule has 0 saturated heterocycles. The highest BCUT2D eigenvalue weighted by Gasteiger charge is 1.97. The summed E-state index contributed by atoms with van der Waals surface area (Å²) < 4.78 is 4.89. The molecule has 2 aromatic rings. The van der Waals surface area contributed by atoms with Crippen molar-refractivity contribution in [2.75, 3.05) is 24.0 Å². The summed E-state index contributed by atoms with van der Waals surface area (Å²) >= 11 is 0. The van der Waals surface area contributed by atoms with Crippen LogP contribution in [0.2, 0.25) is 0 Å². The van der Waals surface area contributed by atoms with Gasteiger partial charge in [0.05, 0.1) is 11.4 Å². The van der Waals surface area contributed by atoms with Crippen molar-refractivity contribution in [2.45, 2.75) is 0 Å². The molecule has 0 amide bonds. The molecule has 0 aliphatic carbocycles. The van der Waals surface area contributed by atoms with Crippen LogP contribution in [0.25, 0.3) is 0 Å². The molecule has 0 spiro atoms. The van der Waals surface area contributed by atoms with Gasteiger partial charge in [-0.2, -0.15) is 0 Å². The zero-order valence-electron chi connectivity index (χ0n) is 11.1. The first-order valence-electron chi connectivity index (χ1n) is 6.15. The van der Waals surface area contributed by atoms with E-state index in [1.54, 1.807) is 60.7 Å². The molecule has 0 fully saturated rings. The first-order valence-corrected chi connectivity index (χ1v) is 6.15. The number of rotatable bonds is 8. The van der Waals surface area contributed by atoms with E-state index < -0.39 is 0 Å². The van der Waals surface area contributed by atoms with Gasteiger partial charge in [-0.05, 0) is 24.3 Å². The molecular weight excluding hydrogens is 276 g/mol. The lowest BCUT2D eigenvalue weighted by molar-refractivity contribution is -0.133. The van der Waals surface area contributed by atoms with Crippen LogP contribution in [0.5, 0.6) is 0 Å². The maximum absolute atomic E-state index is 11.5. The Bertz CT molecular complexity index is 464. The van der Waals surface area contributed by atoms with Gasteiger partial charge in [0.25, 0.3) is 0 Å². The summed E-state index contributed by atoms with van der Waals surface area (Å²) in [5.74, 6) is 0. The zero-order chi connectivity index (χ0) is 14.9. The largest absolute Gasteiger partial charge is 0.733 e. The predicted octanol–water partition coefficient (Wildman–Crippen LogP) is 2.79. The van der Waals surface area contributed by atoms with Crippen LogP contribution in [0, 0.1) is 10.4 Å². The average Bonchev–Trinajstić information content (AvgIpc) is 2.55. The van der Waals surface area contributed by atoms with Gasteiger partial charge in [0.2, 0.25) is 0 Å². The third-order valence-corrected chi connectivity index (χ3v) is 2.44. The molecule has 112 valence electrons. The van der Waals surface area contributed by atoms with Crippen molar-refractivity contribution < 1.29 is 14.4 Å². The van der Waals surface area contributed by atoms with E-state index in [0.717, 1.165) is 0 Å². The standard InChI is InChI=1S/C14H14N2O5/c17-15(13-7-3-1-4-8-13)20-11-19-12-21-16(18)14-9-5-2-6-10-14/h1-10H,11-12H2/q-2. The molecular formula is C14H14N2O5-2. The molecule has 7 heteroatoms. The Morgan fingerprint density at radius 2 is 1.05 bits per heavy atom. The predicted molar refractivity (Wildman–Crippen MR) is 77.6 cm³/mol. The summed E-state index contributed by atoms with van der Waals surface area (Å²) in [6, 6.07) is 16.8. The average molecular weight is 290 g/mol. The minimum atomic E-state index is -0.332. The van der Waals surface area contributed by atoms with Gasteiger partial charge < -0.3 is 25.6 Å². The van der Waals surface area contributed by atoms with Gasteiger partial charge in [0, 0.05) is 0 Å². The number of hydrogen-bond donors (Lipinski definition) is 0. The van der Waals surface area contributed by atoms with Crippen molar-refractivity contribution >= 4 is 11.4 Å². The Hall–Kier alpha value is -2.16. The van der Waals surface area contributed by atoms with Gasteiger partial charge in [0.1, 0.15) is 0 Å². The van der Waals surface area contributed by atoms with Gasteiger partial charge in [-0.1, -0.05) is 36.4 Å². The third kappa shape index (κ3) is 5.03. The molecule has 0 aromatic heterocycles. The van der Waals surface area contributed by atoms with Gasteiger partial charge >= 0.3 is 0 Å². The smallest absolute Gasteiger partial charge is 0.175 e. The quantitative estimate of drug-likeness (QED) is 0.420. The lowest BCUT2D eigenvalue weighted by Crippen LogP contribution is -2.21. The van der Waals surface area contributed by atoms with Crippen molar-refractivity contribution in [3.8, 4) is 0 Å². The van der Waals surface area contributed by atoms with Crippen molar-refractivity contribution in [3.05, 3.63) is 71.1 Å². The van der Waals surface area contributed by atoms with Crippen molar-refractivity contribution in [3.63, 3.8) is 0 Å². The lowest BCUT2D eigenvalue weighted by Gasteiger charge is -2.30. The Morgan fingerprint density at radius 3 is 1.43 bits per heavy atom. The lowest BCUT2D eigenvalue weighted by atomic mass is 10.3. The minimum Gasteiger partial charge on any atom is -0.733 e. The van der Waals surface area contributed by atoms with E-state index in [4.69, 9.17) is 14.4 Å². The zero-order valence-corrected chi connectivity index (χ0v) is 11.1. The Kier molecular flexibility index (Phi) is 5.95. The van der Waals surface area contributed by atoms with Crippen LogP contribution >= 0.6 is 0 Å². The van der Waals surface area contributed by atoms with Crippen molar-refractivity contribution in [1.29, 1.82) is 0 Å². The molecule has 2 rings (SSSR count). The highest BCUT2D eigenvalue weighted by Crippen LogP contribution is 2.13. The van der Waals surface area contributed by atoms with Crippen LogP contribution < -0.4 is 10.5 Å². The fourth-order valence-electron chi connectivity index (χ4n) is 1.45. The Labute approximate surface area is 121 Å². The molecule has 0 saturated carbocycles. The molecule has 0 bridgehead atoms. The summed E-state index contributed by atoms with van der Waals surface area (Å²) in [5, 5.41) is 23.6. The number of nitrogens with zero attached hydrogens (tertiary/aromatic N) is 2. The summed E-state index contributed by atoms with van der Waals surface area (Å²) in [6.45, 7) is -0.665. The Morgan fingerprint density at radius 1 is 0.667 bits per heavy atom. The third-order valence-electron chi connectivity index (χ3n) is 2.44. The highest BCUT2D eigenvalue weighted by molar-refractivity contribution is 5.44. The fourth-order valence-corrected chi connectivity index (χ4v) is 1.45. The van der Waals surface area contributed by atoms with Crippen LogP contribution in [-0.2, 0) is 14.4 Å². The van der Waals surface area contributed by atoms with Crippen molar-refractivity contribution in [1.82, 2.24) is 0 Å². The van der Waals surface area contributed by atoms with Crippen molar-refractivity contribution in [2.24, 2.45) is 0 Å². The maximum Gasteiger partial charge on any atom is 0.175 e. The maximum atomic E-state index is 11.5. The van der Waals surface area contributed by atoms with E-state index in [9.17, 15) is 10.4 Å². The van der Waals surface area contributed by atoms with E-state index in [-0.39, 0.29) is 13.6 Å². The second-order valence-corrected chi connectivity index (χ2v) is 3.88. The van der Waals surface area contributed by atoms with Crippen LogP contribution in [-0.4, -0.2) is 13.6 Å². The van der Waals surface area contributed by atoms with Gasteiger partial charge in [-0.25, -0.2) is 0 Å². The van der Waals surface area contributed by atoms with Gasteiger partial charge in [-0.3, -0.25) is 9.68 Å². The van der Waals surface area contributed by atoms with Crippen LogP contribution in [0.1, 0.15) is 0 Å². The fraction of sp³-hybridized carbons (Fsp3) is 0.143. The second kappa shape index (κ2) is 8.20. The van der Waals surface area contributed by atoms with E-state index in [1.165, 1.54) is 0 Å².